The number of Topliss-reactive ketones (excluding diaryl/α,β-unsaturated/α-hetero) is 1. The van der Waals surface area contributed by atoms with Crippen molar-refractivity contribution in [1.82, 2.24) is 4.31 Å². The summed E-state index contributed by atoms with van der Waals surface area (Å²) >= 11 is 12.1. The van der Waals surface area contributed by atoms with Crippen LogP contribution in [0.25, 0.3) is 0 Å². The Morgan fingerprint density at radius 1 is 1.15 bits per heavy atom. The van der Waals surface area contributed by atoms with E-state index in [9.17, 15) is 13.2 Å². The molecule has 0 N–H and O–H groups in total. The SMILES string of the molecule is CC1(C)C2CCC1(CS(=O)(=O)N(Cc1ccc(Cl)c(Cl)c1)C1CC1)C(=O)C2. The van der Waals surface area contributed by atoms with E-state index in [-0.39, 0.29) is 29.5 Å². The van der Waals surface area contributed by atoms with E-state index in [1.165, 1.54) is 0 Å². The molecule has 27 heavy (non-hydrogen) atoms. The minimum Gasteiger partial charge on any atom is -0.299 e. The zero-order valence-electron chi connectivity index (χ0n) is 15.7. The molecule has 1 aromatic carbocycles. The molecule has 0 amide bonds. The van der Waals surface area contributed by atoms with E-state index in [1.807, 2.05) is 6.07 Å². The summed E-state index contributed by atoms with van der Waals surface area (Å²) in [6.07, 6.45) is 3.90. The quantitative estimate of drug-likeness (QED) is 0.659. The van der Waals surface area contributed by atoms with Crippen molar-refractivity contribution in [1.29, 1.82) is 0 Å². The number of hydrogen-bond donors (Lipinski definition) is 0. The van der Waals surface area contributed by atoms with Gasteiger partial charge < -0.3 is 0 Å². The van der Waals surface area contributed by atoms with Crippen LogP contribution in [0.1, 0.15) is 51.5 Å². The largest absolute Gasteiger partial charge is 0.299 e. The van der Waals surface area contributed by atoms with Crippen molar-refractivity contribution in [3.05, 3.63) is 33.8 Å². The monoisotopic (exact) mass is 429 g/mol. The molecule has 0 aliphatic heterocycles. The number of carbonyl (C=O) groups is 1. The number of benzene rings is 1. The zero-order valence-corrected chi connectivity index (χ0v) is 18.0. The van der Waals surface area contributed by atoms with E-state index in [2.05, 4.69) is 13.8 Å². The number of fused-ring (bicyclic) bond motifs is 2. The molecule has 3 aliphatic carbocycles. The molecule has 0 radical (unpaired) electrons. The van der Waals surface area contributed by atoms with Crippen LogP contribution in [0.15, 0.2) is 18.2 Å². The van der Waals surface area contributed by atoms with E-state index < -0.39 is 15.4 Å². The fourth-order valence-corrected chi connectivity index (χ4v) is 7.93. The third-order valence-electron chi connectivity index (χ3n) is 7.20. The van der Waals surface area contributed by atoms with Crippen LogP contribution >= 0.6 is 23.2 Å². The lowest BCUT2D eigenvalue weighted by Crippen LogP contribution is -2.47. The van der Waals surface area contributed by atoms with Crippen LogP contribution in [-0.4, -0.2) is 30.3 Å². The Balaban J connectivity index is 1.62. The van der Waals surface area contributed by atoms with Crippen molar-refractivity contribution >= 4 is 39.0 Å². The first kappa shape index (κ1) is 19.7. The number of ketones is 1. The molecule has 0 aromatic heterocycles. The lowest BCUT2D eigenvalue weighted by molar-refractivity contribution is -0.128. The van der Waals surface area contributed by atoms with E-state index in [1.54, 1.807) is 16.4 Å². The second kappa shape index (κ2) is 6.45. The Hall–Kier alpha value is -0.620. The highest BCUT2D eigenvalue weighted by molar-refractivity contribution is 7.89. The minimum absolute atomic E-state index is 0.0256. The fourth-order valence-electron chi connectivity index (χ4n) is 5.14. The maximum Gasteiger partial charge on any atom is 0.215 e. The number of sulfonamides is 1. The minimum atomic E-state index is -3.58. The van der Waals surface area contributed by atoms with Gasteiger partial charge in [-0.2, -0.15) is 4.31 Å². The molecule has 4 rings (SSSR count). The molecule has 2 atom stereocenters. The zero-order chi connectivity index (χ0) is 19.6. The number of rotatable bonds is 6. The van der Waals surface area contributed by atoms with E-state index in [0.717, 1.165) is 24.8 Å². The highest BCUT2D eigenvalue weighted by atomic mass is 35.5. The molecule has 3 fully saturated rings. The van der Waals surface area contributed by atoms with E-state index in [4.69, 9.17) is 23.2 Å². The van der Waals surface area contributed by atoms with Crippen molar-refractivity contribution in [2.24, 2.45) is 16.7 Å². The first-order chi connectivity index (χ1) is 12.6. The molecular formula is C20H25Cl2NO3S. The molecule has 2 bridgehead atoms. The number of nitrogens with zero attached hydrogens (tertiary/aromatic N) is 1. The van der Waals surface area contributed by atoms with E-state index in [0.29, 0.717) is 28.8 Å². The number of halogens is 2. The van der Waals surface area contributed by atoms with Gasteiger partial charge in [-0.15, -0.1) is 0 Å². The Labute approximate surface area is 171 Å². The van der Waals surface area contributed by atoms with Gasteiger partial charge in [0.2, 0.25) is 10.0 Å². The summed E-state index contributed by atoms with van der Waals surface area (Å²) in [5.74, 6) is 0.377. The predicted octanol–water partition coefficient (Wildman–Crippen LogP) is 4.68. The van der Waals surface area contributed by atoms with Crippen molar-refractivity contribution < 1.29 is 13.2 Å². The lowest BCUT2D eigenvalue weighted by atomic mass is 9.70. The summed E-state index contributed by atoms with van der Waals surface area (Å²) in [6.45, 7) is 4.43. The summed E-state index contributed by atoms with van der Waals surface area (Å²) in [6, 6.07) is 5.26. The Bertz CT molecular complexity index is 894. The van der Waals surface area contributed by atoms with Crippen molar-refractivity contribution in [3.63, 3.8) is 0 Å². The van der Waals surface area contributed by atoms with Gasteiger partial charge >= 0.3 is 0 Å². The molecule has 1 aromatic rings. The molecule has 148 valence electrons. The van der Waals surface area contributed by atoms with Gasteiger partial charge in [0.1, 0.15) is 5.78 Å². The highest BCUT2D eigenvalue weighted by Gasteiger charge is 2.65. The molecule has 3 saturated carbocycles. The van der Waals surface area contributed by atoms with Crippen LogP contribution < -0.4 is 0 Å². The molecule has 0 saturated heterocycles. The molecule has 7 heteroatoms. The maximum absolute atomic E-state index is 13.5. The fraction of sp³-hybridized carbons (Fsp3) is 0.650. The van der Waals surface area contributed by atoms with Gasteiger partial charge in [-0.25, -0.2) is 8.42 Å². The third-order valence-corrected chi connectivity index (χ3v) is 9.94. The van der Waals surface area contributed by atoms with Crippen LogP contribution in [-0.2, 0) is 21.4 Å². The third kappa shape index (κ3) is 3.15. The van der Waals surface area contributed by atoms with E-state index >= 15 is 0 Å². The topological polar surface area (TPSA) is 54.5 Å². The van der Waals surface area contributed by atoms with Gasteiger partial charge in [-0.05, 0) is 54.7 Å². The summed E-state index contributed by atoms with van der Waals surface area (Å²) in [5.41, 5.74) is -0.171. The smallest absolute Gasteiger partial charge is 0.215 e. The van der Waals surface area contributed by atoms with Gasteiger partial charge in [0, 0.05) is 24.4 Å². The molecule has 0 spiro atoms. The van der Waals surface area contributed by atoms with Gasteiger partial charge in [0.15, 0.2) is 0 Å². The van der Waals surface area contributed by atoms with Crippen LogP contribution in [0.3, 0.4) is 0 Å². The molecule has 3 aliphatic rings. The Kier molecular flexibility index (Phi) is 4.70. The maximum atomic E-state index is 13.5. The van der Waals surface area contributed by atoms with Gasteiger partial charge in [-0.3, -0.25) is 4.79 Å². The second-order valence-electron chi connectivity index (χ2n) is 8.95. The normalized spacial score (nSPS) is 29.7. The first-order valence-corrected chi connectivity index (χ1v) is 11.9. The second-order valence-corrected chi connectivity index (χ2v) is 11.7. The average molecular weight is 430 g/mol. The number of hydrogen-bond acceptors (Lipinski definition) is 3. The molecule has 0 heterocycles. The van der Waals surface area contributed by atoms with Crippen LogP contribution in [0, 0.1) is 16.7 Å². The van der Waals surface area contributed by atoms with Gasteiger partial charge in [0.25, 0.3) is 0 Å². The predicted molar refractivity (Wildman–Crippen MR) is 107 cm³/mol. The highest BCUT2D eigenvalue weighted by Crippen LogP contribution is 2.64. The lowest BCUT2D eigenvalue weighted by Gasteiger charge is -2.37. The number of carbonyl (C=O) groups excluding carboxylic acids is 1. The molecular weight excluding hydrogens is 405 g/mol. The van der Waals surface area contributed by atoms with Crippen molar-refractivity contribution in [3.8, 4) is 0 Å². The summed E-state index contributed by atoms with van der Waals surface area (Å²) in [5, 5.41) is 0.877. The van der Waals surface area contributed by atoms with Gasteiger partial charge in [-0.1, -0.05) is 43.1 Å². The Morgan fingerprint density at radius 3 is 2.37 bits per heavy atom. The van der Waals surface area contributed by atoms with Crippen molar-refractivity contribution in [2.45, 2.75) is 58.5 Å². The van der Waals surface area contributed by atoms with Crippen molar-refractivity contribution in [2.75, 3.05) is 5.75 Å². The first-order valence-electron chi connectivity index (χ1n) is 9.54. The van der Waals surface area contributed by atoms with Gasteiger partial charge in [0.05, 0.1) is 15.8 Å². The van der Waals surface area contributed by atoms with Crippen LogP contribution in [0.2, 0.25) is 10.0 Å². The van der Waals surface area contributed by atoms with Crippen LogP contribution in [0.4, 0.5) is 0 Å². The summed E-state index contributed by atoms with van der Waals surface area (Å²) < 4.78 is 28.5. The summed E-state index contributed by atoms with van der Waals surface area (Å²) in [7, 11) is -3.58. The summed E-state index contributed by atoms with van der Waals surface area (Å²) in [4.78, 5) is 12.8. The van der Waals surface area contributed by atoms with Crippen LogP contribution in [0.5, 0.6) is 0 Å². The Morgan fingerprint density at radius 2 is 1.85 bits per heavy atom. The standard InChI is InChI=1S/C20H25Cl2NO3S/c1-19(2)14-7-8-20(19,18(24)10-14)12-27(25,26)23(15-4-5-15)11-13-3-6-16(21)17(22)9-13/h3,6,9,14-15H,4-5,7-8,10-12H2,1-2H3. The molecule has 2 unspecified atom stereocenters. The average Bonchev–Trinajstić information content (AvgIpc) is 3.35. The molecule has 4 nitrogen and oxygen atoms in total.